The fraction of sp³-hybridized carbons (Fsp3) is 0.722. The van der Waals surface area contributed by atoms with Gasteiger partial charge in [-0.3, -0.25) is 4.79 Å². The third kappa shape index (κ3) is 4.64. The Morgan fingerprint density at radius 1 is 1.16 bits per heavy atom. The third-order valence-corrected chi connectivity index (χ3v) is 6.67. The molecule has 0 saturated heterocycles. The summed E-state index contributed by atoms with van der Waals surface area (Å²) in [7, 11) is -1.42. The molecule has 2 aliphatic rings. The van der Waals surface area contributed by atoms with Crippen LogP contribution in [-0.2, 0) is 28.4 Å². The van der Waals surface area contributed by atoms with Crippen LogP contribution in [0.5, 0.6) is 0 Å². The monoisotopic (exact) mass is 367 g/mol. The van der Waals surface area contributed by atoms with Crippen molar-refractivity contribution in [1.29, 1.82) is 0 Å². The molecule has 2 aliphatic carbocycles. The first kappa shape index (κ1) is 18.5. The maximum Gasteiger partial charge on any atom is 0.238 e. The lowest BCUT2D eigenvalue weighted by Crippen LogP contribution is -2.48. The molecule has 25 heavy (non-hydrogen) atoms. The Labute approximate surface area is 150 Å². The number of hydrogen-bond donors (Lipinski definition) is 0. The molecule has 7 heteroatoms. The predicted molar refractivity (Wildman–Crippen MR) is 97.4 cm³/mol. The molecule has 1 aromatic rings. The summed E-state index contributed by atoms with van der Waals surface area (Å²) >= 11 is 0. The van der Waals surface area contributed by atoms with E-state index >= 15 is 0 Å². The Morgan fingerprint density at radius 3 is 2.36 bits per heavy atom. The maximum absolute atomic E-state index is 13.0. The summed E-state index contributed by atoms with van der Waals surface area (Å²) in [5.41, 5.74) is 1.07. The molecular formula is C18H29N3O3S. The Balaban J connectivity index is 1.73. The lowest BCUT2D eigenvalue weighted by molar-refractivity contribution is -0.133. The molecule has 2 fully saturated rings. The first-order valence-corrected chi connectivity index (χ1v) is 11.1. The minimum absolute atomic E-state index is 0.0234. The zero-order chi connectivity index (χ0) is 18.0. The van der Waals surface area contributed by atoms with Crippen LogP contribution in [0.4, 0.5) is 0 Å². The molecule has 140 valence electrons. The summed E-state index contributed by atoms with van der Waals surface area (Å²) in [4.78, 5) is 14.8. The van der Waals surface area contributed by atoms with Gasteiger partial charge in [-0.25, -0.2) is 8.42 Å². The van der Waals surface area contributed by atoms with Gasteiger partial charge in [-0.2, -0.15) is 4.31 Å². The number of aromatic nitrogens is 1. The van der Waals surface area contributed by atoms with Crippen molar-refractivity contribution in [2.75, 3.05) is 12.8 Å². The molecule has 0 spiro atoms. The molecule has 0 radical (unpaired) electrons. The number of sulfonamides is 1. The Hall–Kier alpha value is -1.34. The largest absolute Gasteiger partial charge is 0.353 e. The number of hydrogen-bond acceptors (Lipinski definition) is 3. The highest BCUT2D eigenvalue weighted by atomic mass is 32.2. The highest BCUT2D eigenvalue weighted by Gasteiger charge is 2.36. The summed E-state index contributed by atoms with van der Waals surface area (Å²) in [5.74, 6) is -0.0697. The van der Waals surface area contributed by atoms with E-state index in [4.69, 9.17) is 0 Å². The number of carbonyl (C=O) groups excluding carboxylic acids is 1. The van der Waals surface area contributed by atoms with Gasteiger partial charge in [0, 0.05) is 31.0 Å². The van der Waals surface area contributed by atoms with Crippen LogP contribution in [0.1, 0.15) is 50.6 Å². The minimum atomic E-state index is -3.39. The molecule has 0 N–H and O–H groups in total. The van der Waals surface area contributed by atoms with Crippen LogP contribution < -0.4 is 0 Å². The summed E-state index contributed by atoms with van der Waals surface area (Å²) in [6.07, 6.45) is 10.2. The number of aryl methyl sites for hydroxylation is 1. The van der Waals surface area contributed by atoms with Gasteiger partial charge >= 0.3 is 0 Å². The van der Waals surface area contributed by atoms with Crippen molar-refractivity contribution in [3.05, 3.63) is 24.0 Å². The van der Waals surface area contributed by atoms with Crippen LogP contribution in [0.3, 0.4) is 0 Å². The third-order valence-electron chi connectivity index (χ3n) is 5.39. The lowest BCUT2D eigenvalue weighted by Gasteiger charge is -2.33. The molecule has 1 heterocycles. The highest BCUT2D eigenvalue weighted by Crippen LogP contribution is 2.30. The van der Waals surface area contributed by atoms with Crippen LogP contribution in [0.2, 0.25) is 0 Å². The van der Waals surface area contributed by atoms with Crippen molar-refractivity contribution in [3.8, 4) is 0 Å². The number of carbonyl (C=O) groups is 1. The molecule has 0 aliphatic heterocycles. The average Bonchev–Trinajstić information content (AvgIpc) is 3.32. The first-order chi connectivity index (χ1) is 11.9. The molecule has 3 rings (SSSR count). The van der Waals surface area contributed by atoms with Crippen LogP contribution in [-0.4, -0.2) is 53.0 Å². The first-order valence-electron chi connectivity index (χ1n) is 9.23. The second kappa shape index (κ2) is 7.50. The zero-order valence-electron chi connectivity index (χ0n) is 15.2. The SMILES string of the molecule is Cn1cccc1CN(C(=O)CN(C1CCCCC1)S(C)(=O)=O)C1CC1. The highest BCUT2D eigenvalue weighted by molar-refractivity contribution is 7.88. The fourth-order valence-corrected chi connectivity index (χ4v) is 4.85. The standard InChI is InChI=1S/C18H29N3O3S/c1-19-12-6-9-17(19)13-20(15-10-11-15)18(22)14-21(25(2,23)24)16-7-4-3-5-8-16/h6,9,12,15-16H,3-5,7-8,10-11,13-14H2,1-2H3. The van der Waals surface area contributed by atoms with E-state index in [0.717, 1.165) is 50.6 Å². The van der Waals surface area contributed by atoms with Crippen molar-refractivity contribution in [2.45, 2.75) is 63.6 Å². The molecule has 0 atom stereocenters. The van der Waals surface area contributed by atoms with Crippen LogP contribution in [0.15, 0.2) is 18.3 Å². The topological polar surface area (TPSA) is 62.6 Å². The lowest BCUT2D eigenvalue weighted by atomic mass is 9.95. The van der Waals surface area contributed by atoms with E-state index in [0.29, 0.717) is 6.54 Å². The van der Waals surface area contributed by atoms with Crippen molar-refractivity contribution >= 4 is 15.9 Å². The van der Waals surface area contributed by atoms with Gasteiger partial charge in [-0.15, -0.1) is 0 Å². The van der Waals surface area contributed by atoms with Gasteiger partial charge < -0.3 is 9.47 Å². The molecule has 2 saturated carbocycles. The maximum atomic E-state index is 13.0. The molecule has 0 bridgehead atoms. The van der Waals surface area contributed by atoms with E-state index < -0.39 is 10.0 Å². The second-order valence-corrected chi connectivity index (χ2v) is 9.40. The Bertz CT molecular complexity index is 703. The zero-order valence-corrected chi connectivity index (χ0v) is 16.0. The predicted octanol–water partition coefficient (Wildman–Crippen LogP) is 2.11. The van der Waals surface area contributed by atoms with Crippen LogP contribution in [0.25, 0.3) is 0 Å². The van der Waals surface area contributed by atoms with Crippen molar-refractivity contribution in [2.24, 2.45) is 7.05 Å². The van der Waals surface area contributed by atoms with E-state index in [9.17, 15) is 13.2 Å². The molecule has 1 aromatic heterocycles. The summed E-state index contributed by atoms with van der Waals surface area (Å²) in [6.45, 7) is 0.527. The molecule has 0 unspecified atom stereocenters. The summed E-state index contributed by atoms with van der Waals surface area (Å²) in [5, 5.41) is 0. The number of nitrogens with zero attached hydrogens (tertiary/aromatic N) is 3. The van der Waals surface area contributed by atoms with Crippen molar-refractivity contribution in [3.63, 3.8) is 0 Å². The van der Waals surface area contributed by atoms with Crippen molar-refractivity contribution < 1.29 is 13.2 Å². The normalized spacial score (nSPS) is 19.3. The van der Waals surface area contributed by atoms with Gasteiger partial charge in [-0.05, 0) is 37.8 Å². The smallest absolute Gasteiger partial charge is 0.238 e. The van der Waals surface area contributed by atoms with E-state index in [1.807, 2.05) is 34.8 Å². The Kier molecular flexibility index (Phi) is 5.53. The Morgan fingerprint density at radius 2 is 1.84 bits per heavy atom. The van der Waals surface area contributed by atoms with Gasteiger partial charge in [0.05, 0.1) is 19.3 Å². The van der Waals surface area contributed by atoms with Crippen molar-refractivity contribution in [1.82, 2.24) is 13.8 Å². The van der Waals surface area contributed by atoms with Crippen LogP contribution >= 0.6 is 0 Å². The number of amides is 1. The average molecular weight is 368 g/mol. The quantitative estimate of drug-likeness (QED) is 0.741. The van der Waals surface area contributed by atoms with Gasteiger partial charge in [0.2, 0.25) is 15.9 Å². The van der Waals surface area contributed by atoms with Gasteiger partial charge in [-0.1, -0.05) is 19.3 Å². The second-order valence-electron chi connectivity index (χ2n) is 7.46. The molecular weight excluding hydrogens is 338 g/mol. The molecule has 1 amide bonds. The van der Waals surface area contributed by atoms with Gasteiger partial charge in [0.15, 0.2) is 0 Å². The van der Waals surface area contributed by atoms with Crippen LogP contribution in [0, 0.1) is 0 Å². The van der Waals surface area contributed by atoms with E-state index in [2.05, 4.69) is 0 Å². The van der Waals surface area contributed by atoms with E-state index in [-0.39, 0.29) is 24.5 Å². The van der Waals surface area contributed by atoms with Gasteiger partial charge in [0.25, 0.3) is 0 Å². The fourth-order valence-electron chi connectivity index (χ4n) is 3.75. The van der Waals surface area contributed by atoms with E-state index in [1.165, 1.54) is 10.6 Å². The molecule has 0 aromatic carbocycles. The van der Waals surface area contributed by atoms with Gasteiger partial charge in [0.1, 0.15) is 0 Å². The molecule has 6 nitrogen and oxygen atoms in total. The summed E-state index contributed by atoms with van der Waals surface area (Å²) in [6, 6.07) is 4.22. The summed E-state index contributed by atoms with van der Waals surface area (Å²) < 4.78 is 28.1. The van der Waals surface area contributed by atoms with E-state index in [1.54, 1.807) is 0 Å². The number of rotatable bonds is 7. The minimum Gasteiger partial charge on any atom is -0.353 e.